The lowest BCUT2D eigenvalue weighted by atomic mass is 9.85. The second-order valence-electron chi connectivity index (χ2n) is 19.3. The lowest BCUT2D eigenvalue weighted by Crippen LogP contribution is -2.58. The zero-order valence-corrected chi connectivity index (χ0v) is 43.1. The summed E-state index contributed by atoms with van der Waals surface area (Å²) in [6, 6.07) is 21.1. The molecule has 2 aliphatic heterocycles. The number of anilines is 2. The van der Waals surface area contributed by atoms with Gasteiger partial charge < -0.3 is 39.8 Å². The summed E-state index contributed by atoms with van der Waals surface area (Å²) in [6.45, 7) is 10.7. The van der Waals surface area contributed by atoms with Crippen LogP contribution in [0.15, 0.2) is 90.4 Å². The number of likely N-dealkylation sites (tertiary alicyclic amines) is 1. The van der Waals surface area contributed by atoms with Crippen molar-refractivity contribution in [1.82, 2.24) is 20.5 Å². The van der Waals surface area contributed by atoms with E-state index in [4.69, 9.17) is 26.4 Å². The van der Waals surface area contributed by atoms with Crippen molar-refractivity contribution >= 4 is 63.7 Å². The number of nitriles is 1. The van der Waals surface area contributed by atoms with E-state index in [1.165, 1.54) is 47.9 Å². The van der Waals surface area contributed by atoms with Gasteiger partial charge in [-0.3, -0.25) is 24.1 Å². The molecule has 7 rings (SSSR count). The van der Waals surface area contributed by atoms with E-state index < -0.39 is 75.9 Å². The predicted molar refractivity (Wildman–Crippen MR) is 273 cm³/mol. The largest absolute Gasteiger partial charge is 0.491 e. The first-order valence-electron chi connectivity index (χ1n) is 23.5. The smallest absolute Gasteiger partial charge is 0.417 e. The first-order chi connectivity index (χ1) is 35.0. The van der Waals surface area contributed by atoms with Crippen molar-refractivity contribution in [2.45, 2.75) is 84.4 Å². The molecule has 1 unspecified atom stereocenters. The number of hydrogen-bond acceptors (Lipinski definition) is 12. The zero-order chi connectivity index (χ0) is 53.7. The van der Waals surface area contributed by atoms with Crippen LogP contribution in [0.1, 0.15) is 63.4 Å². The Balaban J connectivity index is 0.835. The van der Waals surface area contributed by atoms with Gasteiger partial charge in [0.05, 0.1) is 64.9 Å². The Hall–Kier alpha value is -6.83. The number of thiocarbonyl (C=S) groups is 1. The van der Waals surface area contributed by atoms with Gasteiger partial charge in [0.15, 0.2) is 5.11 Å². The lowest BCUT2D eigenvalue weighted by Gasteiger charge is -2.35. The van der Waals surface area contributed by atoms with Gasteiger partial charge >= 0.3 is 6.18 Å². The van der Waals surface area contributed by atoms with Crippen LogP contribution in [0.3, 0.4) is 0 Å². The van der Waals surface area contributed by atoms with Crippen molar-refractivity contribution in [3.05, 3.63) is 119 Å². The molecule has 3 N–H and O–H groups in total. The van der Waals surface area contributed by atoms with Gasteiger partial charge in [0.25, 0.3) is 5.91 Å². The minimum atomic E-state index is -4.86. The molecule has 2 saturated heterocycles. The monoisotopic (exact) mass is 1060 g/mol. The van der Waals surface area contributed by atoms with Gasteiger partial charge in [-0.05, 0) is 104 Å². The van der Waals surface area contributed by atoms with Gasteiger partial charge in [0, 0.05) is 30.8 Å². The molecule has 15 nitrogen and oxygen atoms in total. The van der Waals surface area contributed by atoms with Crippen LogP contribution in [-0.2, 0) is 41.4 Å². The van der Waals surface area contributed by atoms with Crippen LogP contribution < -0.4 is 25.2 Å². The Kier molecular flexibility index (Phi) is 16.9. The first kappa shape index (κ1) is 54.9. The average Bonchev–Trinajstić information content (AvgIpc) is 4.02. The molecule has 2 fully saturated rings. The fourth-order valence-corrected chi connectivity index (χ4v) is 9.99. The van der Waals surface area contributed by atoms with Crippen molar-refractivity contribution < 1.29 is 56.1 Å². The van der Waals surface area contributed by atoms with E-state index in [0.29, 0.717) is 17.4 Å². The van der Waals surface area contributed by atoms with Gasteiger partial charge in [-0.2, -0.15) is 18.4 Å². The number of β-amino-alcohol motifs (C(OH)–C–C–N with tert-alkyl or cyclic N) is 1. The molecule has 0 radical (unpaired) electrons. The molecule has 4 amide bonds. The zero-order valence-electron chi connectivity index (χ0n) is 41.4. The summed E-state index contributed by atoms with van der Waals surface area (Å²) in [5.74, 6) is -2.26. The standard InChI is InChI=1S/C53H55F4N7O8S2/c1-31-45(74-30-60-31)34-9-7-32(8-10-34)27-59-47(67)43-25-38(65)28-62(43)48(68)46(51(2,3)4)61-44(66)29-71-20-19-70-21-22-72-39-16-12-33(13-17-39)40-18-15-37(24-42(40)54)64-50(73)63(49(69)52(64,5)6)36-14-11-35(26-58)41(23-36)53(55,56)57/h7-18,23-24,30,38,43,46,65H,19-22,25,27-29H2,1-6H3,(H,59,67)(H,61,66)/t38-,43+,46?/m1/s1. The third kappa shape index (κ3) is 12.4. The molecule has 1 aromatic heterocycles. The van der Waals surface area contributed by atoms with Crippen molar-refractivity contribution in [1.29, 1.82) is 5.26 Å². The lowest BCUT2D eigenvalue weighted by molar-refractivity contribution is -0.144. The van der Waals surface area contributed by atoms with Gasteiger partial charge in [0.2, 0.25) is 17.7 Å². The normalized spacial score (nSPS) is 17.1. The summed E-state index contributed by atoms with van der Waals surface area (Å²) in [7, 11) is 0. The summed E-state index contributed by atoms with van der Waals surface area (Å²) in [5.41, 5.74) is 1.39. The number of aliphatic hydroxyl groups is 1. The number of thiazole rings is 1. The third-order valence-electron chi connectivity index (χ3n) is 12.5. The van der Waals surface area contributed by atoms with E-state index in [9.17, 15) is 42.7 Å². The molecule has 0 bridgehead atoms. The molecule has 74 heavy (non-hydrogen) atoms. The molecule has 3 heterocycles. The maximum Gasteiger partial charge on any atom is 0.417 e. The van der Waals surface area contributed by atoms with E-state index in [0.717, 1.165) is 32.7 Å². The molecule has 4 aromatic carbocycles. The highest BCUT2D eigenvalue weighted by molar-refractivity contribution is 7.81. The molecule has 5 aromatic rings. The quantitative estimate of drug-likeness (QED) is 0.0438. The summed E-state index contributed by atoms with van der Waals surface area (Å²) < 4.78 is 74.0. The number of nitrogens with one attached hydrogen (secondary N) is 2. The molecular weight excluding hydrogens is 1000 g/mol. The number of amides is 4. The van der Waals surface area contributed by atoms with Gasteiger partial charge in [-0.15, -0.1) is 11.3 Å². The molecule has 21 heteroatoms. The highest BCUT2D eigenvalue weighted by Gasteiger charge is 2.51. The van der Waals surface area contributed by atoms with Crippen molar-refractivity contribution in [3.63, 3.8) is 0 Å². The first-order valence-corrected chi connectivity index (χ1v) is 24.8. The number of rotatable bonds is 18. The van der Waals surface area contributed by atoms with Crippen LogP contribution in [-0.4, -0.2) is 107 Å². The van der Waals surface area contributed by atoms with E-state index in [-0.39, 0.29) is 74.6 Å². The van der Waals surface area contributed by atoms with Crippen molar-refractivity contribution in [3.8, 4) is 33.4 Å². The predicted octanol–water partition coefficient (Wildman–Crippen LogP) is 7.95. The van der Waals surface area contributed by atoms with Crippen LogP contribution in [0.2, 0.25) is 0 Å². The number of ether oxygens (including phenoxy) is 3. The van der Waals surface area contributed by atoms with Crippen molar-refractivity contribution in [2.24, 2.45) is 5.41 Å². The van der Waals surface area contributed by atoms with E-state index in [1.54, 1.807) is 68.0 Å². The molecule has 0 saturated carbocycles. The highest BCUT2D eigenvalue weighted by atomic mass is 32.1. The SMILES string of the molecule is Cc1ncsc1-c1ccc(CNC(=O)[C@@H]2C[C@@H](O)CN2C(=O)C(NC(=O)COCCOCCOc2ccc(-c3ccc(N4C(=S)N(c5ccc(C#N)c(C(F)(F)F)c5)C(=O)C4(C)C)cc3F)cc2)C(C)(C)C)cc1. The minimum absolute atomic E-state index is 0.0578. The summed E-state index contributed by atoms with van der Waals surface area (Å²) in [4.78, 5) is 63.1. The molecule has 0 spiro atoms. The fourth-order valence-electron chi connectivity index (χ4n) is 8.65. The number of aromatic nitrogens is 1. The van der Waals surface area contributed by atoms with Gasteiger partial charge in [0.1, 0.15) is 42.4 Å². The maximum atomic E-state index is 15.8. The maximum absolute atomic E-state index is 15.8. The summed E-state index contributed by atoms with van der Waals surface area (Å²) in [6.07, 6.45) is -5.72. The average molecular weight is 1060 g/mol. The Bertz CT molecular complexity index is 2940. The van der Waals surface area contributed by atoms with Gasteiger partial charge in [-0.1, -0.05) is 57.2 Å². The van der Waals surface area contributed by atoms with Crippen LogP contribution in [0.4, 0.5) is 28.9 Å². The molecule has 390 valence electrons. The van der Waals surface area contributed by atoms with Crippen LogP contribution >= 0.6 is 23.6 Å². The Morgan fingerprint density at radius 3 is 2.24 bits per heavy atom. The number of alkyl halides is 3. The summed E-state index contributed by atoms with van der Waals surface area (Å²) >= 11 is 7.14. The molecule has 0 aliphatic carbocycles. The molecular formula is C53H55F4N7O8S2. The summed E-state index contributed by atoms with van der Waals surface area (Å²) in [5, 5.41) is 25.3. The second kappa shape index (κ2) is 22.7. The molecule has 2 aliphatic rings. The van der Waals surface area contributed by atoms with E-state index in [1.807, 2.05) is 31.2 Å². The van der Waals surface area contributed by atoms with Crippen LogP contribution in [0.5, 0.6) is 5.75 Å². The highest BCUT2D eigenvalue weighted by Crippen LogP contribution is 2.41. The van der Waals surface area contributed by atoms with Crippen molar-refractivity contribution in [2.75, 3.05) is 49.4 Å². The topological polar surface area (TPSA) is 187 Å². The number of nitrogens with zero attached hydrogens (tertiary/aromatic N) is 5. The number of carbonyl (C=O) groups excluding carboxylic acids is 4. The minimum Gasteiger partial charge on any atom is -0.491 e. The van der Waals surface area contributed by atoms with Crippen LogP contribution in [0.25, 0.3) is 21.6 Å². The van der Waals surface area contributed by atoms with Crippen LogP contribution in [0, 0.1) is 29.5 Å². The number of benzene rings is 4. The number of aryl methyl sites for hydroxylation is 1. The second-order valence-corrected chi connectivity index (χ2v) is 20.5. The number of aliphatic hydroxyl groups excluding tert-OH is 1. The van der Waals surface area contributed by atoms with Gasteiger partial charge in [-0.25, -0.2) is 9.37 Å². The molecule has 3 atom stereocenters. The number of halogens is 4. The number of hydrogen-bond donors (Lipinski definition) is 3. The Morgan fingerprint density at radius 2 is 1.61 bits per heavy atom. The van der Waals surface area contributed by atoms with E-state index in [2.05, 4.69) is 15.6 Å². The number of carbonyl (C=O) groups is 4. The fraction of sp³-hybridized carbons (Fsp3) is 0.377. The van der Waals surface area contributed by atoms with E-state index >= 15 is 4.39 Å². The Morgan fingerprint density at radius 1 is 0.946 bits per heavy atom. The Labute approximate surface area is 435 Å². The third-order valence-corrected chi connectivity index (χ3v) is 13.9.